The van der Waals surface area contributed by atoms with Crippen LogP contribution in [0, 0.1) is 0 Å². The third-order valence-electron chi connectivity index (χ3n) is 2.47. The van der Waals surface area contributed by atoms with Crippen LogP contribution in [-0.4, -0.2) is 48.7 Å². The van der Waals surface area contributed by atoms with Crippen molar-refractivity contribution in [2.24, 2.45) is 0 Å². The Bertz CT molecular complexity index is 443. The molecule has 6 heteroatoms. The normalized spacial score (nSPS) is 12.2. The fourth-order valence-electron chi connectivity index (χ4n) is 1.53. The third-order valence-corrected chi connectivity index (χ3v) is 2.47. The molecule has 1 atom stereocenters. The molecule has 6 nitrogen and oxygen atoms in total. The largest absolute Gasteiger partial charge is 0.493 e. The van der Waals surface area contributed by atoms with E-state index < -0.39 is 12.1 Å². The van der Waals surface area contributed by atoms with Crippen LogP contribution < -0.4 is 9.47 Å². The molecular weight excluding hydrogens is 264 g/mol. The van der Waals surface area contributed by atoms with Gasteiger partial charge < -0.3 is 24.4 Å². The van der Waals surface area contributed by atoms with E-state index in [9.17, 15) is 9.90 Å². The number of methoxy groups -OCH3 is 1. The Balaban J connectivity index is 2.73. The summed E-state index contributed by atoms with van der Waals surface area (Å²) in [5.41, 5.74) is -0.0127. The predicted octanol–water partition coefficient (Wildman–Crippen LogP) is 1.56. The molecule has 112 valence electrons. The number of hydrogen-bond acceptors (Lipinski definition) is 5. The summed E-state index contributed by atoms with van der Waals surface area (Å²) < 4.78 is 15.7. The summed E-state index contributed by atoms with van der Waals surface area (Å²) in [4.78, 5) is 11.1. The van der Waals surface area contributed by atoms with E-state index in [4.69, 9.17) is 19.3 Å². The summed E-state index contributed by atoms with van der Waals surface area (Å²) >= 11 is 0. The van der Waals surface area contributed by atoms with Crippen molar-refractivity contribution in [3.8, 4) is 11.5 Å². The highest BCUT2D eigenvalue weighted by molar-refractivity contribution is 5.92. The number of ether oxygens (including phenoxy) is 3. The van der Waals surface area contributed by atoms with E-state index in [1.165, 1.54) is 13.2 Å². The predicted molar refractivity (Wildman–Crippen MR) is 72.5 cm³/mol. The zero-order chi connectivity index (χ0) is 15.1. The first-order valence-electron chi connectivity index (χ1n) is 6.28. The number of rotatable bonds is 8. The Morgan fingerprint density at radius 3 is 2.55 bits per heavy atom. The van der Waals surface area contributed by atoms with Gasteiger partial charge in [0.2, 0.25) is 0 Å². The Morgan fingerprint density at radius 1 is 1.30 bits per heavy atom. The average Bonchev–Trinajstić information content (AvgIpc) is 2.42. The summed E-state index contributed by atoms with van der Waals surface area (Å²) in [6.07, 6.45) is -0.838. The van der Waals surface area contributed by atoms with E-state index >= 15 is 0 Å². The Labute approximate surface area is 117 Å². The maximum atomic E-state index is 11.1. The fourth-order valence-corrected chi connectivity index (χ4v) is 1.53. The standard InChI is InChI=1S/C14H20O6/c1-9(2)19-7-10(15)8-20-13-11(14(16)17)5-4-6-12(13)18-3/h4-6,9-10,15H,7-8H2,1-3H3,(H,16,17). The first kappa shape index (κ1) is 16.3. The van der Waals surface area contributed by atoms with E-state index in [0.29, 0.717) is 5.75 Å². The highest BCUT2D eigenvalue weighted by Crippen LogP contribution is 2.31. The molecule has 0 aliphatic heterocycles. The summed E-state index contributed by atoms with van der Waals surface area (Å²) in [5, 5.41) is 18.8. The smallest absolute Gasteiger partial charge is 0.339 e. The van der Waals surface area contributed by atoms with Crippen molar-refractivity contribution in [3.05, 3.63) is 23.8 Å². The molecular formula is C14H20O6. The number of aromatic carboxylic acids is 1. The van der Waals surface area contributed by atoms with E-state index in [-0.39, 0.29) is 30.6 Å². The van der Waals surface area contributed by atoms with Gasteiger partial charge >= 0.3 is 5.97 Å². The SMILES string of the molecule is COc1cccc(C(=O)O)c1OCC(O)COC(C)C. The monoisotopic (exact) mass is 284 g/mol. The molecule has 1 rings (SSSR count). The number of carboxylic acid groups (broad SMARTS) is 1. The number of para-hydroxylation sites is 1. The lowest BCUT2D eigenvalue weighted by molar-refractivity contribution is -0.0127. The van der Waals surface area contributed by atoms with Crippen LogP contribution in [0.2, 0.25) is 0 Å². The Hall–Kier alpha value is -1.79. The average molecular weight is 284 g/mol. The second-order valence-corrected chi connectivity index (χ2v) is 4.49. The zero-order valence-corrected chi connectivity index (χ0v) is 11.8. The Morgan fingerprint density at radius 2 is 2.00 bits per heavy atom. The van der Waals surface area contributed by atoms with Gasteiger partial charge in [-0.15, -0.1) is 0 Å². The molecule has 20 heavy (non-hydrogen) atoms. The summed E-state index contributed by atoms with van der Waals surface area (Å²) in [5.74, 6) is -0.709. The van der Waals surface area contributed by atoms with Crippen molar-refractivity contribution >= 4 is 5.97 Å². The number of carbonyl (C=O) groups is 1. The quantitative estimate of drug-likeness (QED) is 0.753. The van der Waals surface area contributed by atoms with Gasteiger partial charge in [-0.2, -0.15) is 0 Å². The number of carboxylic acids is 1. The van der Waals surface area contributed by atoms with Gasteiger partial charge in [-0.25, -0.2) is 4.79 Å². The maximum Gasteiger partial charge on any atom is 0.339 e. The molecule has 0 saturated heterocycles. The van der Waals surface area contributed by atoms with E-state index in [2.05, 4.69) is 0 Å². The molecule has 0 fully saturated rings. The van der Waals surface area contributed by atoms with Gasteiger partial charge in [0.25, 0.3) is 0 Å². The third kappa shape index (κ3) is 4.71. The van der Waals surface area contributed by atoms with Crippen LogP contribution >= 0.6 is 0 Å². The van der Waals surface area contributed by atoms with Crippen molar-refractivity contribution in [1.29, 1.82) is 0 Å². The molecule has 1 unspecified atom stereocenters. The topological polar surface area (TPSA) is 85.2 Å². The minimum absolute atomic E-state index is 0.00509. The maximum absolute atomic E-state index is 11.1. The van der Waals surface area contributed by atoms with Crippen LogP contribution in [0.15, 0.2) is 18.2 Å². The summed E-state index contributed by atoms with van der Waals surface area (Å²) in [6, 6.07) is 4.57. The number of aliphatic hydroxyl groups excluding tert-OH is 1. The van der Waals surface area contributed by atoms with Gasteiger partial charge in [0, 0.05) is 0 Å². The fraction of sp³-hybridized carbons (Fsp3) is 0.500. The van der Waals surface area contributed by atoms with Crippen molar-refractivity contribution < 1.29 is 29.2 Å². The molecule has 1 aromatic rings. The molecule has 0 heterocycles. The van der Waals surface area contributed by atoms with Crippen LogP contribution in [-0.2, 0) is 4.74 Å². The van der Waals surface area contributed by atoms with Crippen molar-refractivity contribution in [2.45, 2.75) is 26.1 Å². The Kier molecular flexibility index (Phi) is 6.27. The van der Waals surface area contributed by atoms with Gasteiger partial charge in [-0.05, 0) is 26.0 Å². The summed E-state index contributed by atoms with van der Waals surface area (Å²) in [6.45, 7) is 3.76. The van der Waals surface area contributed by atoms with E-state index in [1.54, 1.807) is 12.1 Å². The van der Waals surface area contributed by atoms with E-state index in [1.807, 2.05) is 13.8 Å². The molecule has 2 N–H and O–H groups in total. The highest BCUT2D eigenvalue weighted by atomic mass is 16.5. The van der Waals surface area contributed by atoms with Crippen LogP contribution in [0.5, 0.6) is 11.5 Å². The van der Waals surface area contributed by atoms with Gasteiger partial charge in [-0.3, -0.25) is 0 Å². The van der Waals surface area contributed by atoms with Crippen LogP contribution in [0.1, 0.15) is 24.2 Å². The lowest BCUT2D eigenvalue weighted by Crippen LogP contribution is -2.25. The second-order valence-electron chi connectivity index (χ2n) is 4.49. The lowest BCUT2D eigenvalue weighted by Gasteiger charge is -2.17. The van der Waals surface area contributed by atoms with Crippen molar-refractivity contribution in [3.63, 3.8) is 0 Å². The number of hydrogen-bond donors (Lipinski definition) is 2. The number of benzene rings is 1. The first-order chi connectivity index (χ1) is 9.45. The number of aliphatic hydroxyl groups is 1. The summed E-state index contributed by atoms with van der Waals surface area (Å²) in [7, 11) is 1.42. The van der Waals surface area contributed by atoms with Gasteiger partial charge in [0.1, 0.15) is 18.3 Å². The van der Waals surface area contributed by atoms with Crippen LogP contribution in [0.25, 0.3) is 0 Å². The van der Waals surface area contributed by atoms with E-state index in [0.717, 1.165) is 0 Å². The molecule has 0 bridgehead atoms. The molecule has 1 aromatic carbocycles. The molecule has 0 aliphatic carbocycles. The highest BCUT2D eigenvalue weighted by Gasteiger charge is 2.17. The molecule has 0 radical (unpaired) electrons. The van der Waals surface area contributed by atoms with Gasteiger partial charge in [0.15, 0.2) is 11.5 Å². The van der Waals surface area contributed by atoms with Crippen molar-refractivity contribution in [2.75, 3.05) is 20.3 Å². The van der Waals surface area contributed by atoms with Crippen LogP contribution in [0.4, 0.5) is 0 Å². The second kappa shape index (κ2) is 7.72. The molecule has 0 saturated carbocycles. The lowest BCUT2D eigenvalue weighted by atomic mass is 10.2. The van der Waals surface area contributed by atoms with Gasteiger partial charge in [-0.1, -0.05) is 6.07 Å². The minimum Gasteiger partial charge on any atom is -0.493 e. The molecule has 0 aliphatic rings. The zero-order valence-electron chi connectivity index (χ0n) is 11.8. The van der Waals surface area contributed by atoms with Gasteiger partial charge in [0.05, 0.1) is 19.8 Å². The minimum atomic E-state index is -1.12. The molecule has 0 amide bonds. The molecule has 0 spiro atoms. The van der Waals surface area contributed by atoms with Crippen LogP contribution in [0.3, 0.4) is 0 Å². The first-order valence-corrected chi connectivity index (χ1v) is 6.28. The van der Waals surface area contributed by atoms with Crippen molar-refractivity contribution in [1.82, 2.24) is 0 Å². The molecule has 0 aromatic heterocycles.